The third-order valence-electron chi connectivity index (χ3n) is 3.20. The number of aromatic nitrogens is 2. The Labute approximate surface area is 132 Å². The summed E-state index contributed by atoms with van der Waals surface area (Å²) in [4.78, 5) is 0. The molecule has 3 nitrogen and oxygen atoms in total. The smallest absolute Gasteiger partial charge is 0.0707 e. The molecule has 0 aliphatic carbocycles. The fraction of sp³-hybridized carbons (Fsp3) is 0.769. The highest BCUT2D eigenvalue weighted by atomic mass is 79.9. The molecule has 0 bridgehead atoms. The number of aryl methyl sites for hydroxylation is 1. The van der Waals surface area contributed by atoms with Crippen LogP contribution in [0.3, 0.4) is 0 Å². The highest BCUT2D eigenvalue weighted by Gasteiger charge is 2.29. The van der Waals surface area contributed by atoms with Gasteiger partial charge in [0.2, 0.25) is 0 Å². The number of hydrogen-bond acceptors (Lipinski definition) is 4. The normalized spacial score (nSPS) is 21.5. The highest BCUT2D eigenvalue weighted by molar-refractivity contribution is 9.10. The zero-order valence-electron chi connectivity index (χ0n) is 11.6. The monoisotopic (exact) mass is 363 g/mol. The van der Waals surface area contributed by atoms with Crippen molar-refractivity contribution in [3.63, 3.8) is 0 Å². The number of nitrogens with zero attached hydrogens (tertiary/aromatic N) is 2. The standard InChI is InChI=1S/C13H22BrN3S2/c1-3-5-17-13(10(14)8-16-17)12(15-4-2)11-9-18-6-7-19-11/h8,11-12,15H,3-7,9H2,1-2H3. The zero-order valence-corrected chi connectivity index (χ0v) is 14.8. The van der Waals surface area contributed by atoms with Crippen LogP contribution in [0.4, 0.5) is 0 Å². The van der Waals surface area contributed by atoms with Gasteiger partial charge in [-0.1, -0.05) is 13.8 Å². The average molecular weight is 364 g/mol. The van der Waals surface area contributed by atoms with Crippen molar-refractivity contribution in [1.82, 2.24) is 15.1 Å². The molecule has 0 spiro atoms. The van der Waals surface area contributed by atoms with Crippen molar-refractivity contribution in [2.24, 2.45) is 0 Å². The first-order valence-corrected chi connectivity index (χ1v) is 9.91. The minimum atomic E-state index is 0.395. The molecule has 108 valence electrons. The van der Waals surface area contributed by atoms with E-state index in [1.807, 2.05) is 6.20 Å². The van der Waals surface area contributed by atoms with Crippen molar-refractivity contribution in [2.45, 2.75) is 38.1 Å². The molecule has 2 rings (SSSR count). The van der Waals surface area contributed by atoms with Gasteiger partial charge in [0.25, 0.3) is 0 Å². The quantitative estimate of drug-likeness (QED) is 0.836. The fourth-order valence-corrected chi connectivity index (χ4v) is 5.78. The lowest BCUT2D eigenvalue weighted by atomic mass is 10.1. The molecule has 0 radical (unpaired) electrons. The molecule has 1 fully saturated rings. The summed E-state index contributed by atoms with van der Waals surface area (Å²) >= 11 is 7.86. The maximum atomic E-state index is 4.52. The van der Waals surface area contributed by atoms with Gasteiger partial charge >= 0.3 is 0 Å². The summed E-state index contributed by atoms with van der Waals surface area (Å²) in [7, 11) is 0. The van der Waals surface area contributed by atoms with Crippen LogP contribution in [0, 0.1) is 0 Å². The number of rotatable bonds is 6. The van der Waals surface area contributed by atoms with Crippen molar-refractivity contribution in [3.8, 4) is 0 Å². The number of thioether (sulfide) groups is 2. The molecular formula is C13H22BrN3S2. The van der Waals surface area contributed by atoms with Crippen molar-refractivity contribution in [2.75, 3.05) is 23.8 Å². The van der Waals surface area contributed by atoms with E-state index in [-0.39, 0.29) is 0 Å². The molecule has 1 aromatic heterocycles. The Balaban J connectivity index is 2.24. The van der Waals surface area contributed by atoms with Gasteiger partial charge in [-0.25, -0.2) is 0 Å². The molecule has 2 atom stereocenters. The van der Waals surface area contributed by atoms with E-state index in [0.29, 0.717) is 11.3 Å². The summed E-state index contributed by atoms with van der Waals surface area (Å²) in [5.74, 6) is 3.78. The lowest BCUT2D eigenvalue weighted by Gasteiger charge is -2.31. The molecule has 0 saturated carbocycles. The van der Waals surface area contributed by atoms with Gasteiger partial charge in [0, 0.05) is 29.1 Å². The molecule has 1 aromatic rings. The maximum absolute atomic E-state index is 4.52. The molecule has 1 aliphatic heterocycles. The molecule has 1 saturated heterocycles. The van der Waals surface area contributed by atoms with Gasteiger partial charge in [-0.3, -0.25) is 4.68 Å². The summed E-state index contributed by atoms with van der Waals surface area (Å²) in [5, 5.41) is 8.83. The lowest BCUT2D eigenvalue weighted by Crippen LogP contribution is -2.35. The molecule has 19 heavy (non-hydrogen) atoms. The Hall–Kier alpha value is 0.350. The summed E-state index contributed by atoms with van der Waals surface area (Å²) in [5.41, 5.74) is 1.32. The molecular weight excluding hydrogens is 342 g/mol. The Bertz CT molecular complexity index is 391. The van der Waals surface area contributed by atoms with Crippen molar-refractivity contribution < 1.29 is 0 Å². The van der Waals surface area contributed by atoms with Crippen LogP contribution >= 0.6 is 39.5 Å². The van der Waals surface area contributed by atoms with Gasteiger partial charge in [0.15, 0.2) is 0 Å². The highest BCUT2D eigenvalue weighted by Crippen LogP contribution is 2.36. The predicted octanol–water partition coefficient (Wildman–Crippen LogP) is 3.55. The van der Waals surface area contributed by atoms with E-state index in [1.54, 1.807) is 0 Å². The van der Waals surface area contributed by atoms with E-state index in [4.69, 9.17) is 0 Å². The second-order valence-corrected chi connectivity index (χ2v) is 7.97. The van der Waals surface area contributed by atoms with Crippen LogP contribution in [0.5, 0.6) is 0 Å². The predicted molar refractivity (Wildman–Crippen MR) is 90.2 cm³/mol. The summed E-state index contributed by atoms with van der Waals surface area (Å²) in [6.07, 6.45) is 3.06. The third-order valence-corrected chi connectivity index (χ3v) is 6.68. The first kappa shape index (κ1) is 15.7. The molecule has 1 aliphatic rings. The molecule has 2 heterocycles. The largest absolute Gasteiger partial charge is 0.308 e. The van der Waals surface area contributed by atoms with Crippen LogP contribution in [-0.4, -0.2) is 38.8 Å². The van der Waals surface area contributed by atoms with Gasteiger partial charge < -0.3 is 5.32 Å². The Kier molecular flexibility index (Phi) is 6.59. The average Bonchev–Trinajstić information content (AvgIpc) is 2.79. The third kappa shape index (κ3) is 3.93. The van der Waals surface area contributed by atoms with E-state index < -0.39 is 0 Å². The molecule has 2 unspecified atom stereocenters. The number of halogens is 1. The molecule has 0 amide bonds. The lowest BCUT2D eigenvalue weighted by molar-refractivity contribution is 0.477. The Morgan fingerprint density at radius 1 is 1.53 bits per heavy atom. The molecule has 6 heteroatoms. The Morgan fingerprint density at radius 2 is 2.37 bits per heavy atom. The van der Waals surface area contributed by atoms with Gasteiger partial charge in [-0.2, -0.15) is 28.6 Å². The van der Waals surface area contributed by atoms with Gasteiger partial charge in [0.05, 0.1) is 22.4 Å². The second kappa shape index (κ2) is 7.96. The summed E-state index contributed by atoms with van der Waals surface area (Å²) in [6.45, 7) is 6.37. The van der Waals surface area contributed by atoms with Crippen LogP contribution < -0.4 is 5.32 Å². The van der Waals surface area contributed by atoms with Crippen LogP contribution in [-0.2, 0) is 6.54 Å². The first-order valence-electron chi connectivity index (χ1n) is 6.91. The zero-order chi connectivity index (χ0) is 13.7. The summed E-state index contributed by atoms with van der Waals surface area (Å²) in [6, 6.07) is 0.395. The van der Waals surface area contributed by atoms with E-state index in [2.05, 4.69) is 68.4 Å². The van der Waals surface area contributed by atoms with Crippen LogP contribution in [0.2, 0.25) is 0 Å². The topological polar surface area (TPSA) is 29.9 Å². The molecule has 0 aromatic carbocycles. The maximum Gasteiger partial charge on any atom is 0.0707 e. The first-order chi connectivity index (χ1) is 9.27. The van der Waals surface area contributed by atoms with Crippen LogP contribution in [0.25, 0.3) is 0 Å². The van der Waals surface area contributed by atoms with E-state index in [1.165, 1.54) is 23.0 Å². The van der Waals surface area contributed by atoms with E-state index >= 15 is 0 Å². The van der Waals surface area contributed by atoms with Gasteiger partial charge in [-0.15, -0.1) is 0 Å². The number of nitrogens with one attached hydrogen (secondary N) is 1. The van der Waals surface area contributed by atoms with Crippen LogP contribution in [0.15, 0.2) is 10.7 Å². The SMILES string of the molecule is CCCn1ncc(Br)c1C(NCC)C1CSCCS1. The molecule has 1 N–H and O–H groups in total. The second-order valence-electron chi connectivity index (χ2n) is 4.62. The van der Waals surface area contributed by atoms with Crippen molar-refractivity contribution in [1.29, 1.82) is 0 Å². The van der Waals surface area contributed by atoms with Gasteiger partial charge in [0.1, 0.15) is 0 Å². The van der Waals surface area contributed by atoms with E-state index in [0.717, 1.165) is 24.0 Å². The number of hydrogen-bond donors (Lipinski definition) is 1. The fourth-order valence-electron chi connectivity index (χ4n) is 2.39. The summed E-state index contributed by atoms with van der Waals surface area (Å²) < 4.78 is 3.31. The Morgan fingerprint density at radius 3 is 3.00 bits per heavy atom. The van der Waals surface area contributed by atoms with Gasteiger partial charge in [-0.05, 0) is 28.9 Å². The van der Waals surface area contributed by atoms with E-state index in [9.17, 15) is 0 Å². The van der Waals surface area contributed by atoms with Crippen LogP contribution in [0.1, 0.15) is 32.0 Å². The minimum Gasteiger partial charge on any atom is -0.308 e. The minimum absolute atomic E-state index is 0.395. The van der Waals surface area contributed by atoms with Crippen molar-refractivity contribution >= 4 is 39.5 Å². The van der Waals surface area contributed by atoms with Crippen molar-refractivity contribution in [3.05, 3.63) is 16.4 Å².